The second-order valence-corrected chi connectivity index (χ2v) is 10.0. The fourth-order valence-electron chi connectivity index (χ4n) is 4.87. The lowest BCUT2D eigenvalue weighted by Gasteiger charge is -2.29. The maximum Gasteiger partial charge on any atom is 0.343 e. The molecule has 0 aliphatic carbocycles. The van der Waals surface area contributed by atoms with Crippen molar-refractivity contribution >= 4 is 34.2 Å². The molecule has 4 rings (SSSR count). The second kappa shape index (κ2) is 11.7. The van der Waals surface area contributed by atoms with Crippen molar-refractivity contribution in [2.45, 2.75) is 26.3 Å². The van der Waals surface area contributed by atoms with E-state index in [2.05, 4.69) is 4.90 Å². The summed E-state index contributed by atoms with van der Waals surface area (Å²) >= 11 is 6.28. The number of anilines is 1. The molecule has 1 aliphatic heterocycles. The van der Waals surface area contributed by atoms with Crippen molar-refractivity contribution in [3.05, 3.63) is 68.2 Å². The molecule has 0 saturated carbocycles. The Labute approximate surface area is 225 Å². The van der Waals surface area contributed by atoms with E-state index >= 15 is 4.39 Å². The van der Waals surface area contributed by atoms with Gasteiger partial charge in [-0.15, -0.1) is 0 Å². The van der Waals surface area contributed by atoms with E-state index in [1.54, 1.807) is 28.8 Å². The monoisotopic (exact) mass is 546 g/mol. The molecule has 0 spiro atoms. The van der Waals surface area contributed by atoms with Crippen molar-refractivity contribution in [2.75, 3.05) is 52.0 Å². The van der Waals surface area contributed by atoms with Crippen molar-refractivity contribution in [1.29, 1.82) is 0 Å². The number of methoxy groups -OCH3 is 2. The maximum absolute atomic E-state index is 15.2. The van der Waals surface area contributed by atoms with Crippen LogP contribution in [0.25, 0.3) is 10.9 Å². The number of pyridine rings is 1. The number of hydrogen-bond acceptors (Lipinski definition) is 7. The van der Waals surface area contributed by atoms with Crippen LogP contribution in [0.3, 0.4) is 0 Å². The third-order valence-corrected chi connectivity index (χ3v) is 7.27. The van der Waals surface area contributed by atoms with Crippen LogP contribution in [0, 0.1) is 11.7 Å². The first-order chi connectivity index (χ1) is 18.2. The number of hydrogen-bond donors (Lipinski definition) is 1. The summed E-state index contributed by atoms with van der Waals surface area (Å²) in [5.41, 5.74) is 1.48. The molecule has 0 amide bonds. The Hall–Kier alpha value is -3.14. The zero-order chi connectivity index (χ0) is 27.6. The van der Waals surface area contributed by atoms with E-state index in [1.807, 2.05) is 13.8 Å². The summed E-state index contributed by atoms with van der Waals surface area (Å²) in [5, 5.41) is 10.4. The third kappa shape index (κ3) is 5.36. The first kappa shape index (κ1) is 27.9. The van der Waals surface area contributed by atoms with Crippen molar-refractivity contribution in [3.8, 4) is 5.75 Å². The topological polar surface area (TPSA) is 90.2 Å². The lowest BCUT2D eigenvalue weighted by atomic mass is 9.98. The smallest absolute Gasteiger partial charge is 0.343 e. The zero-order valence-electron chi connectivity index (χ0n) is 21.9. The highest BCUT2D eigenvalue weighted by Gasteiger charge is 2.24. The highest BCUT2D eigenvalue weighted by atomic mass is 35.5. The zero-order valence-corrected chi connectivity index (χ0v) is 22.7. The van der Waals surface area contributed by atoms with Gasteiger partial charge in [0.15, 0.2) is 0 Å². The van der Waals surface area contributed by atoms with Crippen LogP contribution in [-0.2, 0) is 15.9 Å². The summed E-state index contributed by atoms with van der Waals surface area (Å²) in [4.78, 5) is 28.0. The fourth-order valence-corrected chi connectivity index (χ4v) is 5.10. The Kier molecular flexibility index (Phi) is 8.60. The maximum atomic E-state index is 15.2. The molecule has 1 atom stereocenters. The second-order valence-electron chi connectivity index (χ2n) is 9.62. The minimum Gasteiger partial charge on any atom is -0.496 e. The van der Waals surface area contributed by atoms with Gasteiger partial charge < -0.3 is 28.8 Å². The average molecular weight is 547 g/mol. The summed E-state index contributed by atoms with van der Waals surface area (Å²) in [5.74, 6) is -0.906. The van der Waals surface area contributed by atoms with Gasteiger partial charge in [0.25, 0.3) is 0 Å². The Morgan fingerprint density at radius 2 is 1.87 bits per heavy atom. The SMILES string of the molecule is COC(=O)c1cn([C@H](CO)C(C)C)c2cc(OC)c(Cc3cc(N4CCOCC4)cc(Cl)c3F)cc2c1=O. The number of esters is 1. The van der Waals surface area contributed by atoms with Gasteiger partial charge in [0, 0.05) is 42.8 Å². The summed E-state index contributed by atoms with van der Waals surface area (Å²) in [6, 6.07) is 6.23. The van der Waals surface area contributed by atoms with Gasteiger partial charge >= 0.3 is 5.97 Å². The molecule has 1 fully saturated rings. The minimum absolute atomic E-state index is 0.00167. The van der Waals surface area contributed by atoms with E-state index in [4.69, 9.17) is 25.8 Å². The van der Waals surface area contributed by atoms with E-state index in [-0.39, 0.29) is 34.9 Å². The van der Waals surface area contributed by atoms with Crippen LogP contribution in [0.4, 0.5) is 10.1 Å². The summed E-state index contributed by atoms with van der Waals surface area (Å²) in [6.07, 6.45) is 1.51. The molecule has 10 heteroatoms. The number of fused-ring (bicyclic) bond motifs is 1. The van der Waals surface area contributed by atoms with Gasteiger partial charge in [0.05, 0.1) is 50.6 Å². The first-order valence-corrected chi connectivity index (χ1v) is 12.8. The molecule has 0 radical (unpaired) electrons. The number of ether oxygens (including phenoxy) is 3. The molecule has 2 aromatic carbocycles. The van der Waals surface area contributed by atoms with E-state index < -0.39 is 23.3 Å². The summed E-state index contributed by atoms with van der Waals surface area (Å²) in [7, 11) is 2.70. The van der Waals surface area contributed by atoms with Crippen LogP contribution in [0.15, 0.2) is 35.3 Å². The highest BCUT2D eigenvalue weighted by molar-refractivity contribution is 6.31. The van der Waals surface area contributed by atoms with E-state index in [0.717, 1.165) is 5.69 Å². The molecule has 204 valence electrons. The molecule has 1 aliphatic rings. The molecule has 1 N–H and O–H groups in total. The number of carbonyl (C=O) groups excluding carboxylic acids is 1. The third-order valence-electron chi connectivity index (χ3n) is 7.00. The van der Waals surface area contributed by atoms with Crippen LogP contribution in [0.1, 0.15) is 41.4 Å². The van der Waals surface area contributed by atoms with Crippen LogP contribution in [-0.4, -0.2) is 62.8 Å². The average Bonchev–Trinajstić information content (AvgIpc) is 2.92. The minimum atomic E-state index is -0.778. The number of carbonyl (C=O) groups is 1. The van der Waals surface area contributed by atoms with Gasteiger partial charge in [-0.1, -0.05) is 25.4 Å². The van der Waals surface area contributed by atoms with Crippen LogP contribution >= 0.6 is 11.6 Å². The lowest BCUT2D eigenvalue weighted by Crippen LogP contribution is -2.36. The predicted molar refractivity (Wildman–Crippen MR) is 144 cm³/mol. The van der Waals surface area contributed by atoms with E-state index in [9.17, 15) is 14.7 Å². The molecular weight excluding hydrogens is 515 g/mol. The van der Waals surface area contributed by atoms with Crippen molar-refractivity contribution in [3.63, 3.8) is 0 Å². The molecule has 0 unspecified atom stereocenters. The number of morpholine rings is 1. The van der Waals surface area contributed by atoms with E-state index in [0.29, 0.717) is 48.7 Å². The number of aliphatic hydroxyl groups is 1. The van der Waals surface area contributed by atoms with Crippen molar-refractivity contribution in [2.24, 2.45) is 5.92 Å². The standard InChI is InChI=1S/C28H32ClFN2O6/c1-16(2)24(15-33)32-14-21(28(35)37-4)27(34)20-11-17(25(36-3)13-23(20)32)9-18-10-19(12-22(29)26(18)30)31-5-7-38-8-6-31/h10-14,16,24,33H,5-9,15H2,1-4H3/t24-/m1/s1. The largest absolute Gasteiger partial charge is 0.496 e. The lowest BCUT2D eigenvalue weighted by molar-refractivity contribution is 0.0597. The van der Waals surface area contributed by atoms with Gasteiger partial charge in [-0.25, -0.2) is 9.18 Å². The van der Waals surface area contributed by atoms with Crippen molar-refractivity contribution in [1.82, 2.24) is 4.57 Å². The van der Waals surface area contributed by atoms with Gasteiger partial charge in [0.1, 0.15) is 17.1 Å². The van der Waals surface area contributed by atoms with Gasteiger partial charge in [-0.2, -0.15) is 0 Å². The van der Waals surface area contributed by atoms with Crippen molar-refractivity contribution < 1.29 is 28.5 Å². The Bertz CT molecular complexity index is 1400. The molecule has 38 heavy (non-hydrogen) atoms. The highest BCUT2D eigenvalue weighted by Crippen LogP contribution is 2.33. The van der Waals surface area contributed by atoms with Gasteiger partial charge in [-0.3, -0.25) is 4.79 Å². The number of rotatable bonds is 8. The van der Waals surface area contributed by atoms with E-state index in [1.165, 1.54) is 20.4 Å². The van der Waals surface area contributed by atoms with Gasteiger partial charge in [-0.05, 0) is 35.2 Å². The normalized spacial score (nSPS) is 14.7. The predicted octanol–water partition coefficient (Wildman–Crippen LogP) is 4.21. The molecule has 0 bridgehead atoms. The molecule has 3 aromatic rings. The molecular formula is C28H32ClFN2O6. The summed E-state index contributed by atoms with van der Waals surface area (Å²) < 4.78 is 32.8. The quantitative estimate of drug-likeness (QED) is 0.423. The first-order valence-electron chi connectivity index (χ1n) is 12.5. The Balaban J connectivity index is 1.90. The van der Waals surface area contributed by atoms with Crippen LogP contribution in [0.5, 0.6) is 5.75 Å². The molecule has 1 saturated heterocycles. The number of benzene rings is 2. The Morgan fingerprint density at radius 1 is 1.16 bits per heavy atom. The molecule has 8 nitrogen and oxygen atoms in total. The number of aromatic nitrogens is 1. The van der Waals surface area contributed by atoms with Crippen LogP contribution < -0.4 is 15.1 Å². The Morgan fingerprint density at radius 3 is 2.47 bits per heavy atom. The molecule has 2 heterocycles. The fraction of sp³-hybridized carbons (Fsp3) is 0.429. The number of aliphatic hydroxyl groups excluding tert-OH is 1. The summed E-state index contributed by atoms with van der Waals surface area (Å²) in [6.45, 7) is 6.13. The number of nitrogens with zero attached hydrogens (tertiary/aromatic N) is 2. The van der Waals surface area contributed by atoms with Gasteiger partial charge in [0.2, 0.25) is 5.43 Å². The van der Waals surface area contributed by atoms with Crippen LogP contribution in [0.2, 0.25) is 5.02 Å². The number of halogens is 2. The molecule has 1 aromatic heterocycles.